The molecule has 0 atom stereocenters. The van der Waals surface area contributed by atoms with Crippen molar-refractivity contribution in [3.8, 4) is 17.2 Å². The van der Waals surface area contributed by atoms with Crippen LogP contribution in [0.15, 0.2) is 47.6 Å². The number of hydrogen-bond acceptors (Lipinski definition) is 6. The second-order valence-corrected chi connectivity index (χ2v) is 5.87. The van der Waals surface area contributed by atoms with E-state index in [1.54, 1.807) is 24.3 Å². The predicted octanol–water partition coefficient (Wildman–Crippen LogP) is 1.88. The summed E-state index contributed by atoms with van der Waals surface area (Å²) in [6, 6.07) is 12.6. The molecule has 0 radical (unpaired) electrons. The van der Waals surface area contributed by atoms with Gasteiger partial charge in [-0.2, -0.15) is 5.10 Å². The quantitative estimate of drug-likeness (QED) is 0.376. The van der Waals surface area contributed by atoms with E-state index >= 15 is 0 Å². The maximum Gasteiger partial charge on any atom is 0.341 e. The van der Waals surface area contributed by atoms with Crippen LogP contribution in [0, 0.1) is 0 Å². The van der Waals surface area contributed by atoms with Crippen LogP contribution in [0.1, 0.15) is 11.1 Å². The van der Waals surface area contributed by atoms with Gasteiger partial charge in [-0.1, -0.05) is 18.2 Å². The fraction of sp³-hybridized carbons (Fsp3) is 0.167. The highest BCUT2D eigenvalue weighted by molar-refractivity contribution is 7.80. The Morgan fingerprint density at radius 2 is 2.07 bits per heavy atom. The van der Waals surface area contributed by atoms with E-state index in [0.717, 1.165) is 11.3 Å². The first-order chi connectivity index (χ1) is 13.1. The summed E-state index contributed by atoms with van der Waals surface area (Å²) in [6.07, 6.45) is 1.51. The Kier molecular flexibility index (Phi) is 6.06. The van der Waals surface area contributed by atoms with Gasteiger partial charge in [-0.25, -0.2) is 4.79 Å². The number of thiocarbonyl (C=S) groups is 1. The van der Waals surface area contributed by atoms with Crippen molar-refractivity contribution >= 4 is 29.5 Å². The number of carboxylic acid groups (broad SMARTS) is 1. The van der Waals surface area contributed by atoms with E-state index in [9.17, 15) is 4.79 Å². The first kappa shape index (κ1) is 18.5. The normalized spacial score (nSPS) is 12.0. The number of hydrazone groups is 1. The number of carbonyl (C=O) groups is 1. The molecule has 0 amide bonds. The van der Waals surface area contributed by atoms with Gasteiger partial charge in [-0.15, -0.1) is 0 Å². The van der Waals surface area contributed by atoms with Crippen LogP contribution in [0.25, 0.3) is 0 Å². The minimum absolute atomic E-state index is 0.235. The molecule has 0 aromatic heterocycles. The Morgan fingerprint density at radius 1 is 1.26 bits per heavy atom. The fourth-order valence-corrected chi connectivity index (χ4v) is 2.42. The van der Waals surface area contributed by atoms with Gasteiger partial charge in [0.2, 0.25) is 6.79 Å². The number of fused-ring (bicyclic) bond motifs is 1. The Hall–Kier alpha value is -3.33. The highest BCUT2D eigenvalue weighted by Crippen LogP contribution is 2.32. The number of nitrogens with zero attached hydrogens (tertiary/aromatic N) is 1. The van der Waals surface area contributed by atoms with Gasteiger partial charge in [0, 0.05) is 12.1 Å². The Morgan fingerprint density at radius 3 is 2.93 bits per heavy atom. The SMILES string of the molecule is O=C(O)COc1ccccc1/C=N\NC(=S)NCc1ccc2c(c1)OCO2. The van der Waals surface area contributed by atoms with E-state index in [2.05, 4.69) is 15.8 Å². The van der Waals surface area contributed by atoms with Crippen molar-refractivity contribution < 1.29 is 24.1 Å². The van der Waals surface area contributed by atoms with Crippen LogP contribution in [-0.4, -0.2) is 35.8 Å². The molecule has 2 aromatic rings. The Labute approximate surface area is 160 Å². The average Bonchev–Trinajstić information content (AvgIpc) is 3.13. The Bertz CT molecular complexity index is 872. The standard InChI is InChI=1S/C18H17N3O5S/c22-17(23)10-24-14-4-2-1-3-13(14)9-20-21-18(27)19-8-12-5-6-15-16(7-12)26-11-25-15/h1-7,9H,8,10-11H2,(H,22,23)(H2,19,21,27)/b20-9-. The minimum atomic E-state index is -1.05. The summed E-state index contributed by atoms with van der Waals surface area (Å²) >= 11 is 5.19. The molecule has 8 nitrogen and oxygen atoms in total. The molecule has 0 spiro atoms. The van der Waals surface area contributed by atoms with Crippen LogP contribution in [0.5, 0.6) is 17.2 Å². The first-order valence-corrected chi connectivity index (χ1v) is 8.42. The molecule has 0 saturated heterocycles. The summed E-state index contributed by atoms with van der Waals surface area (Å²) in [6.45, 7) is 0.308. The lowest BCUT2D eigenvalue weighted by Gasteiger charge is -2.08. The van der Waals surface area contributed by atoms with Gasteiger partial charge >= 0.3 is 5.97 Å². The summed E-state index contributed by atoms with van der Waals surface area (Å²) < 4.78 is 15.8. The van der Waals surface area contributed by atoms with E-state index in [-0.39, 0.29) is 6.79 Å². The third-order valence-electron chi connectivity index (χ3n) is 3.53. The third kappa shape index (κ3) is 5.32. The van der Waals surface area contributed by atoms with E-state index < -0.39 is 12.6 Å². The van der Waals surface area contributed by atoms with Crippen LogP contribution in [0.4, 0.5) is 0 Å². The third-order valence-corrected chi connectivity index (χ3v) is 3.77. The molecule has 27 heavy (non-hydrogen) atoms. The van der Waals surface area contributed by atoms with Crippen molar-refractivity contribution in [2.45, 2.75) is 6.54 Å². The molecule has 2 aromatic carbocycles. The number of aliphatic carboxylic acids is 1. The van der Waals surface area contributed by atoms with Crippen LogP contribution in [0.2, 0.25) is 0 Å². The molecule has 3 rings (SSSR count). The number of hydrogen-bond donors (Lipinski definition) is 3. The van der Waals surface area contributed by atoms with Gasteiger partial charge in [0.15, 0.2) is 23.2 Å². The molecule has 140 valence electrons. The van der Waals surface area contributed by atoms with Crippen LogP contribution >= 0.6 is 12.2 Å². The molecule has 0 fully saturated rings. The molecule has 1 aliphatic heterocycles. The van der Waals surface area contributed by atoms with E-state index in [1.165, 1.54) is 6.21 Å². The molecule has 0 aliphatic carbocycles. The lowest BCUT2D eigenvalue weighted by atomic mass is 10.2. The first-order valence-electron chi connectivity index (χ1n) is 8.01. The zero-order valence-electron chi connectivity index (χ0n) is 14.2. The van der Waals surface area contributed by atoms with Gasteiger partial charge in [0.05, 0.1) is 6.21 Å². The monoisotopic (exact) mass is 387 g/mol. The molecule has 9 heteroatoms. The summed E-state index contributed by atoms with van der Waals surface area (Å²) in [4.78, 5) is 10.6. The van der Waals surface area contributed by atoms with Gasteiger partial charge in [0.25, 0.3) is 0 Å². The molecule has 1 aliphatic rings. The van der Waals surface area contributed by atoms with Crippen molar-refractivity contribution in [2.75, 3.05) is 13.4 Å². The Balaban J connectivity index is 1.49. The highest BCUT2D eigenvalue weighted by atomic mass is 32.1. The van der Waals surface area contributed by atoms with Crippen LogP contribution in [0.3, 0.4) is 0 Å². The zero-order chi connectivity index (χ0) is 19.1. The molecule has 3 N–H and O–H groups in total. The number of para-hydroxylation sites is 1. The molecular weight excluding hydrogens is 370 g/mol. The molecule has 1 heterocycles. The summed E-state index contributed by atoms with van der Waals surface area (Å²) in [5, 5.41) is 16.1. The number of benzene rings is 2. The van der Waals surface area contributed by atoms with E-state index in [4.69, 9.17) is 31.5 Å². The molecule has 0 bridgehead atoms. The number of ether oxygens (including phenoxy) is 3. The van der Waals surface area contributed by atoms with Gasteiger partial charge in [0.1, 0.15) is 5.75 Å². The highest BCUT2D eigenvalue weighted by Gasteiger charge is 2.13. The average molecular weight is 387 g/mol. The largest absolute Gasteiger partial charge is 0.481 e. The number of nitrogens with one attached hydrogen (secondary N) is 2. The minimum Gasteiger partial charge on any atom is -0.481 e. The van der Waals surface area contributed by atoms with Gasteiger partial charge in [-0.05, 0) is 42.0 Å². The second-order valence-electron chi connectivity index (χ2n) is 5.46. The van der Waals surface area contributed by atoms with Crippen molar-refractivity contribution in [1.82, 2.24) is 10.7 Å². The fourth-order valence-electron chi connectivity index (χ4n) is 2.29. The van der Waals surface area contributed by atoms with Crippen molar-refractivity contribution in [3.05, 3.63) is 53.6 Å². The zero-order valence-corrected chi connectivity index (χ0v) is 15.0. The van der Waals surface area contributed by atoms with Gasteiger partial charge < -0.3 is 24.6 Å². The van der Waals surface area contributed by atoms with Crippen LogP contribution < -0.4 is 25.0 Å². The summed E-state index contributed by atoms with van der Waals surface area (Å²) in [5.41, 5.74) is 4.32. The smallest absolute Gasteiger partial charge is 0.341 e. The van der Waals surface area contributed by atoms with E-state index in [1.807, 2.05) is 18.2 Å². The van der Waals surface area contributed by atoms with Crippen molar-refractivity contribution in [3.63, 3.8) is 0 Å². The topological polar surface area (TPSA) is 101 Å². The second kappa shape index (κ2) is 8.86. The lowest BCUT2D eigenvalue weighted by molar-refractivity contribution is -0.139. The maximum absolute atomic E-state index is 10.6. The molecule has 0 saturated carbocycles. The lowest BCUT2D eigenvalue weighted by Crippen LogP contribution is -2.31. The molecular formula is C18H17N3O5S. The summed E-state index contributed by atoms with van der Waals surface area (Å²) in [7, 11) is 0. The van der Waals surface area contributed by atoms with Crippen molar-refractivity contribution in [1.29, 1.82) is 0 Å². The number of rotatable bonds is 7. The predicted molar refractivity (Wildman–Crippen MR) is 102 cm³/mol. The van der Waals surface area contributed by atoms with Gasteiger partial charge in [-0.3, -0.25) is 5.43 Å². The maximum atomic E-state index is 10.6. The molecule has 0 unspecified atom stereocenters. The van der Waals surface area contributed by atoms with Crippen molar-refractivity contribution in [2.24, 2.45) is 5.10 Å². The van der Waals surface area contributed by atoms with E-state index in [0.29, 0.717) is 28.7 Å². The summed E-state index contributed by atoms with van der Waals surface area (Å²) in [5.74, 6) is 0.815. The van der Waals surface area contributed by atoms with Crippen LogP contribution in [-0.2, 0) is 11.3 Å². The number of carboxylic acids is 1.